The van der Waals surface area contributed by atoms with E-state index in [1.807, 2.05) is 33.8 Å². The third kappa shape index (κ3) is 3.76. The van der Waals surface area contributed by atoms with E-state index in [2.05, 4.69) is 31.2 Å². The third-order valence-corrected chi connectivity index (χ3v) is 3.09. The molecule has 0 atom stereocenters. The van der Waals surface area contributed by atoms with Gasteiger partial charge in [-0.05, 0) is 46.6 Å². The molecule has 106 valence electrons. The van der Waals surface area contributed by atoms with Crippen molar-refractivity contribution in [1.82, 2.24) is 9.97 Å². The zero-order chi connectivity index (χ0) is 14.9. The summed E-state index contributed by atoms with van der Waals surface area (Å²) in [6, 6.07) is 6.58. The number of hydrogen-bond donors (Lipinski definition) is 1. The van der Waals surface area contributed by atoms with Crippen molar-refractivity contribution >= 4 is 27.4 Å². The monoisotopic (exact) mass is 337 g/mol. The maximum absolute atomic E-state index is 13.4. The van der Waals surface area contributed by atoms with Gasteiger partial charge in [0.15, 0.2) is 0 Å². The predicted molar refractivity (Wildman–Crippen MR) is 82.9 cm³/mol. The lowest BCUT2D eigenvalue weighted by atomic mass is 9.96. The lowest BCUT2D eigenvalue weighted by Gasteiger charge is -2.18. The third-order valence-electron chi connectivity index (χ3n) is 2.68. The van der Waals surface area contributed by atoms with Gasteiger partial charge in [-0.3, -0.25) is 0 Å². The van der Waals surface area contributed by atoms with Gasteiger partial charge in [0.25, 0.3) is 0 Å². The molecule has 1 N–H and O–H groups in total. The normalized spacial score (nSPS) is 11.5. The van der Waals surface area contributed by atoms with E-state index in [0.29, 0.717) is 16.1 Å². The number of aromatic nitrogens is 2. The van der Waals surface area contributed by atoms with Gasteiger partial charge in [-0.15, -0.1) is 0 Å². The second-order valence-corrected chi connectivity index (χ2v) is 6.60. The Kier molecular flexibility index (Phi) is 4.09. The Bertz CT molecular complexity index is 615. The Morgan fingerprint density at radius 3 is 2.40 bits per heavy atom. The highest BCUT2D eigenvalue weighted by atomic mass is 79.9. The summed E-state index contributed by atoms with van der Waals surface area (Å²) < 4.78 is 14.1. The molecule has 0 aliphatic rings. The highest BCUT2D eigenvalue weighted by Gasteiger charge is 2.18. The fourth-order valence-corrected chi connectivity index (χ4v) is 2.16. The molecular weight excluding hydrogens is 321 g/mol. The minimum absolute atomic E-state index is 0.155. The highest BCUT2D eigenvalue weighted by Crippen LogP contribution is 2.24. The van der Waals surface area contributed by atoms with Gasteiger partial charge in [0.05, 0.1) is 0 Å². The van der Waals surface area contributed by atoms with Crippen molar-refractivity contribution in [2.75, 3.05) is 5.32 Å². The van der Waals surface area contributed by atoms with Crippen LogP contribution < -0.4 is 5.32 Å². The Morgan fingerprint density at radius 2 is 1.80 bits per heavy atom. The Labute approximate surface area is 126 Å². The number of nitrogens with zero attached hydrogens (tertiary/aromatic N) is 2. The molecule has 0 aliphatic heterocycles. The van der Waals surface area contributed by atoms with Crippen LogP contribution in [0.3, 0.4) is 0 Å². The minimum Gasteiger partial charge on any atom is -0.340 e. The van der Waals surface area contributed by atoms with Gasteiger partial charge >= 0.3 is 0 Å². The van der Waals surface area contributed by atoms with Crippen LogP contribution in [0.4, 0.5) is 15.9 Å². The van der Waals surface area contributed by atoms with Crippen LogP contribution >= 0.6 is 15.9 Å². The fraction of sp³-hybridized carbons (Fsp3) is 0.333. The summed E-state index contributed by atoms with van der Waals surface area (Å²) in [6.45, 7) is 7.99. The Hall–Kier alpha value is -1.49. The number of benzene rings is 1. The van der Waals surface area contributed by atoms with Crippen LogP contribution in [0.25, 0.3) is 0 Å². The smallest absolute Gasteiger partial charge is 0.137 e. The molecule has 1 aromatic carbocycles. The first-order chi connectivity index (χ1) is 9.24. The predicted octanol–water partition coefficient (Wildman–Crippen LogP) is 4.73. The number of halogens is 2. The Balaban J connectivity index is 2.36. The van der Waals surface area contributed by atoms with Crippen molar-refractivity contribution in [3.8, 4) is 0 Å². The van der Waals surface area contributed by atoms with Gasteiger partial charge in [0.1, 0.15) is 22.1 Å². The van der Waals surface area contributed by atoms with Crippen LogP contribution in [0, 0.1) is 12.7 Å². The number of aryl methyl sites for hydroxylation is 1. The molecule has 0 saturated heterocycles. The van der Waals surface area contributed by atoms with Gasteiger partial charge in [-0.2, -0.15) is 0 Å². The largest absolute Gasteiger partial charge is 0.340 e. The van der Waals surface area contributed by atoms with E-state index >= 15 is 0 Å². The van der Waals surface area contributed by atoms with Crippen LogP contribution in [-0.4, -0.2) is 9.97 Å². The molecule has 0 fully saturated rings. The standard InChI is InChI=1S/C15H17BrFN3/c1-9-5-10(17)7-11(6-9)18-13-8-12(16)19-14(20-13)15(2,3)4/h5-8H,1-4H3,(H,18,19,20). The number of anilines is 2. The zero-order valence-corrected chi connectivity index (χ0v) is 13.5. The van der Waals surface area contributed by atoms with E-state index in [0.717, 1.165) is 11.4 Å². The molecule has 0 amide bonds. The molecule has 0 bridgehead atoms. The lowest BCUT2D eigenvalue weighted by Crippen LogP contribution is -2.16. The van der Waals surface area contributed by atoms with E-state index in [1.165, 1.54) is 12.1 Å². The van der Waals surface area contributed by atoms with Crippen LogP contribution in [0.1, 0.15) is 32.2 Å². The van der Waals surface area contributed by atoms with Crippen LogP contribution in [0.15, 0.2) is 28.9 Å². The van der Waals surface area contributed by atoms with E-state index in [9.17, 15) is 4.39 Å². The molecule has 5 heteroatoms. The average molecular weight is 338 g/mol. The van der Waals surface area contributed by atoms with Crippen molar-refractivity contribution < 1.29 is 4.39 Å². The zero-order valence-electron chi connectivity index (χ0n) is 12.0. The van der Waals surface area contributed by atoms with Crippen LogP contribution in [-0.2, 0) is 5.41 Å². The summed E-state index contributed by atoms with van der Waals surface area (Å²) in [5, 5.41) is 3.12. The summed E-state index contributed by atoms with van der Waals surface area (Å²) in [6.07, 6.45) is 0. The number of hydrogen-bond acceptors (Lipinski definition) is 3. The van der Waals surface area contributed by atoms with Gasteiger partial charge in [0.2, 0.25) is 0 Å². The Morgan fingerprint density at radius 1 is 1.10 bits per heavy atom. The molecule has 1 aromatic heterocycles. The SMILES string of the molecule is Cc1cc(F)cc(Nc2cc(Br)nc(C(C)(C)C)n2)c1. The average Bonchev–Trinajstić information content (AvgIpc) is 2.25. The van der Waals surface area contributed by atoms with Crippen LogP contribution in [0.5, 0.6) is 0 Å². The molecule has 0 aliphatic carbocycles. The number of nitrogens with one attached hydrogen (secondary N) is 1. The summed E-state index contributed by atoms with van der Waals surface area (Å²) in [4.78, 5) is 8.86. The molecular formula is C15H17BrFN3. The second-order valence-electron chi connectivity index (χ2n) is 5.79. The van der Waals surface area contributed by atoms with E-state index in [-0.39, 0.29) is 11.2 Å². The van der Waals surface area contributed by atoms with Gasteiger partial charge < -0.3 is 5.32 Å². The number of rotatable bonds is 2. The molecule has 20 heavy (non-hydrogen) atoms. The van der Waals surface area contributed by atoms with Gasteiger partial charge in [-0.1, -0.05) is 20.8 Å². The summed E-state index contributed by atoms with van der Waals surface area (Å²) in [7, 11) is 0. The molecule has 0 radical (unpaired) electrons. The maximum atomic E-state index is 13.4. The highest BCUT2D eigenvalue weighted by molar-refractivity contribution is 9.10. The topological polar surface area (TPSA) is 37.8 Å². The van der Waals surface area contributed by atoms with Crippen molar-refractivity contribution in [2.24, 2.45) is 0 Å². The van der Waals surface area contributed by atoms with Crippen molar-refractivity contribution in [1.29, 1.82) is 0 Å². The second kappa shape index (κ2) is 5.48. The van der Waals surface area contributed by atoms with Gasteiger partial charge in [0, 0.05) is 17.2 Å². The van der Waals surface area contributed by atoms with Crippen molar-refractivity contribution in [3.63, 3.8) is 0 Å². The van der Waals surface area contributed by atoms with E-state index in [1.54, 1.807) is 6.07 Å². The van der Waals surface area contributed by atoms with Crippen molar-refractivity contribution in [3.05, 3.63) is 46.1 Å². The van der Waals surface area contributed by atoms with E-state index in [4.69, 9.17) is 0 Å². The minimum atomic E-state index is -0.267. The molecule has 3 nitrogen and oxygen atoms in total. The molecule has 0 spiro atoms. The summed E-state index contributed by atoms with van der Waals surface area (Å²) in [5.74, 6) is 1.10. The van der Waals surface area contributed by atoms with Crippen molar-refractivity contribution in [2.45, 2.75) is 33.1 Å². The lowest BCUT2D eigenvalue weighted by molar-refractivity contribution is 0.544. The molecule has 0 unspecified atom stereocenters. The molecule has 2 rings (SSSR count). The van der Waals surface area contributed by atoms with E-state index < -0.39 is 0 Å². The first-order valence-electron chi connectivity index (χ1n) is 6.33. The summed E-state index contributed by atoms with van der Waals surface area (Å²) in [5.41, 5.74) is 1.38. The quantitative estimate of drug-likeness (QED) is 0.805. The fourth-order valence-electron chi connectivity index (χ4n) is 1.77. The molecule has 0 saturated carbocycles. The van der Waals surface area contributed by atoms with Gasteiger partial charge in [-0.25, -0.2) is 14.4 Å². The first-order valence-corrected chi connectivity index (χ1v) is 7.12. The maximum Gasteiger partial charge on any atom is 0.137 e. The van der Waals surface area contributed by atoms with Crippen LogP contribution in [0.2, 0.25) is 0 Å². The molecule has 2 aromatic rings. The summed E-state index contributed by atoms with van der Waals surface area (Å²) >= 11 is 3.38. The molecule has 1 heterocycles. The first kappa shape index (κ1) is 14.9.